The first-order valence-corrected chi connectivity index (χ1v) is 1.64. The van der Waals surface area contributed by atoms with E-state index in [0.717, 1.165) is 0 Å². The van der Waals surface area contributed by atoms with Crippen LogP contribution in [0, 0.1) is 6.85 Å². The Morgan fingerprint density at radius 2 is 2.86 bits per heavy atom. The van der Waals surface area contributed by atoms with E-state index in [-0.39, 0.29) is 0 Å². The van der Waals surface area contributed by atoms with Crippen molar-refractivity contribution >= 4 is 0 Å². The summed E-state index contributed by atoms with van der Waals surface area (Å²) in [5.74, 6) is 0. The maximum atomic E-state index is 7.13. The fraction of sp³-hybridized carbons (Fsp3) is 0.200. The number of hydrogen-bond donors (Lipinski definition) is 0. The van der Waals surface area contributed by atoms with Gasteiger partial charge in [-0.15, -0.1) is 0 Å². The van der Waals surface area contributed by atoms with Crippen molar-refractivity contribution in [2.45, 2.75) is 6.85 Å². The largest absolute Gasteiger partial charge is 0.261 e. The van der Waals surface area contributed by atoms with Crippen LogP contribution in [0.15, 0.2) is 18.5 Å². The standard InChI is InChI=1S/C5H6N2/c1-5-4-6-2-3-7-5/h2-4H,1H3/i1D3,2D,3D,4D. The Balaban J connectivity index is 3.32. The van der Waals surface area contributed by atoms with Crippen molar-refractivity contribution in [3.05, 3.63) is 24.2 Å². The third-order valence-electron chi connectivity index (χ3n) is 0.435. The average molecular weight is 100 g/mol. The van der Waals surface area contributed by atoms with Crippen molar-refractivity contribution < 1.29 is 8.22 Å². The second kappa shape index (κ2) is 1.69. The summed E-state index contributed by atoms with van der Waals surface area (Å²) >= 11 is 0. The topological polar surface area (TPSA) is 25.8 Å². The summed E-state index contributed by atoms with van der Waals surface area (Å²) in [4.78, 5) is 6.57. The number of hydrogen-bond acceptors (Lipinski definition) is 2. The van der Waals surface area contributed by atoms with Crippen molar-refractivity contribution in [1.82, 2.24) is 9.97 Å². The Hall–Kier alpha value is -0.920. The fourth-order valence-corrected chi connectivity index (χ4v) is 0.212. The van der Waals surface area contributed by atoms with Gasteiger partial charge < -0.3 is 0 Å². The Morgan fingerprint density at radius 3 is 3.71 bits per heavy atom. The van der Waals surface area contributed by atoms with Gasteiger partial charge in [0, 0.05) is 22.6 Å². The maximum absolute atomic E-state index is 7.13. The molecule has 0 fully saturated rings. The second-order valence-corrected chi connectivity index (χ2v) is 0.908. The first kappa shape index (κ1) is 1.08. The Labute approximate surface area is 50.7 Å². The van der Waals surface area contributed by atoms with E-state index in [4.69, 9.17) is 8.22 Å². The number of aryl methyl sites for hydroxylation is 1. The second-order valence-electron chi connectivity index (χ2n) is 0.908. The molecule has 0 amide bonds. The van der Waals surface area contributed by atoms with Crippen LogP contribution in [-0.2, 0) is 0 Å². The molecule has 0 spiro atoms. The van der Waals surface area contributed by atoms with E-state index in [1.54, 1.807) is 0 Å². The molecule has 36 valence electrons. The van der Waals surface area contributed by atoms with E-state index in [1.807, 2.05) is 0 Å². The fourth-order valence-electron chi connectivity index (χ4n) is 0.212. The van der Waals surface area contributed by atoms with Crippen LogP contribution in [0.3, 0.4) is 0 Å². The summed E-state index contributed by atoms with van der Waals surface area (Å²) in [6.45, 7) is -2.55. The molecule has 0 aliphatic rings. The summed E-state index contributed by atoms with van der Waals surface area (Å²) < 4.78 is 42.0. The predicted molar refractivity (Wildman–Crippen MR) is 26.8 cm³/mol. The molecule has 0 unspecified atom stereocenters. The highest BCUT2D eigenvalue weighted by Gasteiger charge is 1.74. The molecule has 7 heavy (non-hydrogen) atoms. The normalized spacial score (nSPS) is 22.9. The third kappa shape index (κ3) is 0.961. The number of nitrogens with zero attached hydrogens (tertiary/aromatic N) is 2. The summed E-state index contributed by atoms with van der Waals surface area (Å²) in [6, 6.07) is 0. The molecule has 0 N–H and O–H groups in total. The lowest BCUT2D eigenvalue weighted by Gasteiger charge is -1.81. The lowest BCUT2D eigenvalue weighted by molar-refractivity contribution is 1.12. The zero-order valence-corrected chi connectivity index (χ0v) is 3.39. The highest BCUT2D eigenvalue weighted by atomic mass is 14.7. The molecule has 2 nitrogen and oxygen atoms in total. The molecule has 0 atom stereocenters. The van der Waals surface area contributed by atoms with Crippen LogP contribution < -0.4 is 0 Å². The Morgan fingerprint density at radius 1 is 1.86 bits per heavy atom. The molecular weight excluding hydrogens is 88.1 g/mol. The molecule has 1 rings (SSSR count). The first-order valence-electron chi connectivity index (χ1n) is 4.64. The predicted octanol–water partition coefficient (Wildman–Crippen LogP) is 0.785. The van der Waals surface area contributed by atoms with Crippen LogP contribution in [0.5, 0.6) is 0 Å². The maximum Gasteiger partial charge on any atom is 0.0859 e. The van der Waals surface area contributed by atoms with Gasteiger partial charge in [0.1, 0.15) is 0 Å². The van der Waals surface area contributed by atoms with Crippen molar-refractivity contribution in [2.75, 3.05) is 0 Å². The van der Waals surface area contributed by atoms with Crippen molar-refractivity contribution in [3.8, 4) is 0 Å². The van der Waals surface area contributed by atoms with E-state index < -0.39 is 31.1 Å². The Bertz CT molecular complexity index is 333. The van der Waals surface area contributed by atoms with Gasteiger partial charge in [0.05, 0.1) is 9.81 Å². The molecule has 1 heterocycles. The molecule has 0 aliphatic carbocycles. The minimum absolute atomic E-state index is 0.488. The lowest BCUT2D eigenvalue weighted by atomic mass is 10.5. The van der Waals surface area contributed by atoms with E-state index in [0.29, 0.717) is 0 Å². The molecule has 0 saturated carbocycles. The van der Waals surface area contributed by atoms with E-state index in [1.165, 1.54) is 0 Å². The molecule has 0 radical (unpaired) electrons. The zero-order chi connectivity index (χ0) is 10.2. The highest BCUT2D eigenvalue weighted by molar-refractivity contribution is 4.88. The van der Waals surface area contributed by atoms with Gasteiger partial charge >= 0.3 is 0 Å². The molecule has 1 aromatic rings. The molecule has 0 aliphatic heterocycles. The van der Waals surface area contributed by atoms with Crippen molar-refractivity contribution in [2.24, 2.45) is 0 Å². The smallest absolute Gasteiger partial charge is 0.0859 e. The minimum Gasteiger partial charge on any atom is -0.261 e. The van der Waals surface area contributed by atoms with Crippen LogP contribution in [0.1, 0.15) is 13.9 Å². The van der Waals surface area contributed by atoms with Crippen molar-refractivity contribution in [1.29, 1.82) is 0 Å². The van der Waals surface area contributed by atoms with Crippen molar-refractivity contribution in [3.63, 3.8) is 0 Å². The monoisotopic (exact) mass is 100 g/mol. The third-order valence-corrected chi connectivity index (χ3v) is 0.435. The average Bonchev–Trinajstić information content (AvgIpc) is 1.94. The summed E-state index contributed by atoms with van der Waals surface area (Å²) in [6.07, 6.45) is -1.58. The summed E-state index contributed by atoms with van der Waals surface area (Å²) in [5, 5.41) is 0. The molecule has 1 aromatic heterocycles. The molecule has 0 aromatic carbocycles. The van der Waals surface area contributed by atoms with E-state index in [9.17, 15) is 0 Å². The lowest BCUT2D eigenvalue weighted by Crippen LogP contribution is -1.77. The van der Waals surface area contributed by atoms with Crippen LogP contribution in [0.2, 0.25) is 0 Å². The minimum atomic E-state index is -2.55. The SMILES string of the molecule is [2H]c1nc([2H])c(C([2H])([2H])[2H])nc1[2H]. The van der Waals surface area contributed by atoms with Gasteiger partial charge in [0.25, 0.3) is 0 Å². The van der Waals surface area contributed by atoms with Gasteiger partial charge in [-0.1, -0.05) is 0 Å². The van der Waals surface area contributed by atoms with Gasteiger partial charge in [-0.25, -0.2) is 0 Å². The molecule has 0 saturated heterocycles. The quantitative estimate of drug-likeness (QED) is 0.481. The van der Waals surface area contributed by atoms with E-state index in [2.05, 4.69) is 9.97 Å². The van der Waals surface area contributed by atoms with Gasteiger partial charge in [0.2, 0.25) is 0 Å². The van der Waals surface area contributed by atoms with Gasteiger partial charge in [0.15, 0.2) is 0 Å². The van der Waals surface area contributed by atoms with Crippen LogP contribution in [0.25, 0.3) is 0 Å². The molecular formula is C5H6N2. The zero-order valence-electron chi connectivity index (χ0n) is 9.39. The van der Waals surface area contributed by atoms with Crippen LogP contribution in [0.4, 0.5) is 0 Å². The number of rotatable bonds is 0. The van der Waals surface area contributed by atoms with E-state index >= 15 is 0 Å². The summed E-state index contributed by atoms with van der Waals surface area (Å²) in [7, 11) is 0. The molecule has 2 heteroatoms. The van der Waals surface area contributed by atoms with Crippen LogP contribution in [-0.4, -0.2) is 9.97 Å². The van der Waals surface area contributed by atoms with Gasteiger partial charge in [-0.05, 0) is 6.85 Å². The summed E-state index contributed by atoms with van der Waals surface area (Å²) in [5.41, 5.74) is -0.534. The first-order chi connectivity index (χ1) is 5.82. The van der Waals surface area contributed by atoms with Gasteiger partial charge in [-0.3, -0.25) is 9.97 Å². The highest BCUT2D eigenvalue weighted by Crippen LogP contribution is 1.81. The number of aromatic nitrogens is 2. The van der Waals surface area contributed by atoms with Gasteiger partial charge in [-0.2, -0.15) is 0 Å². The Kier molecular flexibility index (Phi) is 0.259. The molecule has 0 bridgehead atoms. The van der Waals surface area contributed by atoms with Crippen LogP contribution >= 0.6 is 0 Å².